The van der Waals surface area contributed by atoms with Gasteiger partial charge in [-0.1, -0.05) is 42.5 Å². The summed E-state index contributed by atoms with van der Waals surface area (Å²) in [6.45, 7) is 0.553. The molecule has 0 bridgehead atoms. The third-order valence-corrected chi connectivity index (χ3v) is 4.53. The molecule has 0 saturated heterocycles. The van der Waals surface area contributed by atoms with Gasteiger partial charge in [-0.05, 0) is 29.7 Å². The van der Waals surface area contributed by atoms with Crippen molar-refractivity contribution >= 4 is 17.2 Å². The quantitative estimate of drug-likeness (QED) is 0.744. The van der Waals surface area contributed by atoms with E-state index >= 15 is 0 Å². The summed E-state index contributed by atoms with van der Waals surface area (Å²) in [4.78, 5) is 17.6. The summed E-state index contributed by atoms with van der Waals surface area (Å²) in [5.41, 5.74) is 4.32. The summed E-state index contributed by atoms with van der Waals surface area (Å²) in [5, 5.41) is 2.95. The van der Waals surface area contributed by atoms with E-state index in [9.17, 15) is 4.79 Å². The first kappa shape index (κ1) is 16.2. The normalized spacial score (nSPS) is 10.4. The molecule has 1 heterocycles. The molecule has 4 nitrogen and oxygen atoms in total. The summed E-state index contributed by atoms with van der Waals surface area (Å²) >= 11 is 1.48. The fourth-order valence-corrected chi connectivity index (χ4v) is 3.23. The second kappa shape index (κ2) is 7.75. The highest BCUT2D eigenvalue weighted by molar-refractivity contribution is 7.13. The van der Waals surface area contributed by atoms with Crippen LogP contribution in [0, 0.1) is 0 Å². The van der Waals surface area contributed by atoms with Gasteiger partial charge < -0.3 is 10.1 Å². The monoisotopic (exact) mass is 338 g/mol. The molecule has 0 saturated carbocycles. The van der Waals surface area contributed by atoms with Gasteiger partial charge in [0.05, 0.1) is 17.5 Å². The highest BCUT2D eigenvalue weighted by Crippen LogP contribution is 2.27. The van der Waals surface area contributed by atoms with Crippen molar-refractivity contribution in [1.29, 1.82) is 0 Å². The van der Waals surface area contributed by atoms with Crippen molar-refractivity contribution in [3.63, 3.8) is 0 Å². The fraction of sp³-hybridized carbons (Fsp3) is 0.158. The zero-order chi connectivity index (χ0) is 16.8. The van der Waals surface area contributed by atoms with Gasteiger partial charge in [0.15, 0.2) is 0 Å². The Kier molecular flexibility index (Phi) is 5.23. The first-order valence-corrected chi connectivity index (χ1v) is 8.56. The lowest BCUT2D eigenvalue weighted by atomic mass is 10.1. The van der Waals surface area contributed by atoms with Crippen LogP contribution in [0.1, 0.15) is 16.1 Å². The highest BCUT2D eigenvalue weighted by Gasteiger charge is 2.15. The Morgan fingerprint density at radius 3 is 2.79 bits per heavy atom. The number of thiazole rings is 1. The molecule has 1 aromatic heterocycles. The molecule has 24 heavy (non-hydrogen) atoms. The summed E-state index contributed by atoms with van der Waals surface area (Å²) in [7, 11) is 1.65. The third kappa shape index (κ3) is 3.81. The minimum absolute atomic E-state index is 0.141. The molecule has 1 N–H and O–H groups in total. The fourth-order valence-electron chi connectivity index (χ4n) is 2.43. The van der Waals surface area contributed by atoms with Crippen molar-refractivity contribution in [3.05, 3.63) is 71.4 Å². The Morgan fingerprint density at radius 2 is 2.00 bits per heavy atom. The van der Waals surface area contributed by atoms with Gasteiger partial charge in [0.1, 0.15) is 11.4 Å². The molecule has 0 spiro atoms. The Morgan fingerprint density at radius 1 is 1.17 bits per heavy atom. The summed E-state index contributed by atoms with van der Waals surface area (Å²) in [5.74, 6) is 0.683. The average Bonchev–Trinajstić information content (AvgIpc) is 3.12. The van der Waals surface area contributed by atoms with E-state index in [1.54, 1.807) is 12.6 Å². The second-order valence-electron chi connectivity index (χ2n) is 5.25. The van der Waals surface area contributed by atoms with Gasteiger partial charge in [0, 0.05) is 6.54 Å². The van der Waals surface area contributed by atoms with E-state index in [1.807, 2.05) is 54.6 Å². The number of ether oxygens (including phenoxy) is 1. The average molecular weight is 338 g/mol. The number of carbonyl (C=O) groups excluding carboxylic acids is 1. The van der Waals surface area contributed by atoms with Gasteiger partial charge in [-0.3, -0.25) is 4.79 Å². The number of hydrogen-bond acceptors (Lipinski definition) is 4. The number of amides is 1. The minimum Gasteiger partial charge on any atom is -0.497 e. The lowest BCUT2D eigenvalue weighted by Gasteiger charge is -2.07. The highest BCUT2D eigenvalue weighted by atomic mass is 32.1. The molecule has 0 aliphatic rings. The number of benzene rings is 2. The lowest BCUT2D eigenvalue weighted by Crippen LogP contribution is -2.26. The van der Waals surface area contributed by atoms with Gasteiger partial charge in [-0.2, -0.15) is 0 Å². The maximum Gasteiger partial charge on any atom is 0.271 e. The first-order chi connectivity index (χ1) is 11.8. The van der Waals surface area contributed by atoms with E-state index < -0.39 is 0 Å². The topological polar surface area (TPSA) is 51.2 Å². The molecule has 2 aromatic carbocycles. The zero-order valence-electron chi connectivity index (χ0n) is 13.4. The lowest BCUT2D eigenvalue weighted by molar-refractivity contribution is 0.0950. The third-order valence-electron chi connectivity index (χ3n) is 3.65. The number of carbonyl (C=O) groups is 1. The van der Waals surface area contributed by atoms with Crippen LogP contribution in [-0.2, 0) is 6.42 Å². The molecular weight excluding hydrogens is 320 g/mol. The van der Waals surface area contributed by atoms with Crippen LogP contribution in [-0.4, -0.2) is 24.5 Å². The molecule has 3 rings (SSSR count). The largest absolute Gasteiger partial charge is 0.497 e. The molecule has 3 aromatic rings. The van der Waals surface area contributed by atoms with Crippen LogP contribution in [0.25, 0.3) is 10.4 Å². The smallest absolute Gasteiger partial charge is 0.271 e. The van der Waals surface area contributed by atoms with Crippen molar-refractivity contribution in [3.8, 4) is 16.2 Å². The van der Waals surface area contributed by atoms with Gasteiger partial charge in [0.25, 0.3) is 5.91 Å². The molecule has 0 radical (unpaired) electrons. The van der Waals surface area contributed by atoms with E-state index in [0.29, 0.717) is 12.2 Å². The van der Waals surface area contributed by atoms with E-state index in [0.717, 1.165) is 28.2 Å². The maximum absolute atomic E-state index is 12.4. The van der Waals surface area contributed by atoms with Crippen molar-refractivity contribution in [2.45, 2.75) is 6.42 Å². The maximum atomic E-state index is 12.4. The van der Waals surface area contributed by atoms with E-state index in [4.69, 9.17) is 4.74 Å². The number of nitrogens with one attached hydrogen (secondary N) is 1. The van der Waals surface area contributed by atoms with Crippen molar-refractivity contribution in [2.75, 3.05) is 13.7 Å². The van der Waals surface area contributed by atoms with Gasteiger partial charge in [0.2, 0.25) is 0 Å². The Hall–Kier alpha value is -2.66. The van der Waals surface area contributed by atoms with E-state index in [2.05, 4.69) is 10.3 Å². The summed E-state index contributed by atoms with van der Waals surface area (Å²) < 4.78 is 5.21. The molecule has 5 heteroatoms. The second-order valence-corrected chi connectivity index (χ2v) is 6.11. The Balaban J connectivity index is 1.63. The number of methoxy groups -OCH3 is 1. The molecule has 1 amide bonds. The summed E-state index contributed by atoms with van der Waals surface area (Å²) in [6, 6.07) is 17.7. The molecule has 0 fully saturated rings. The van der Waals surface area contributed by atoms with Gasteiger partial charge >= 0.3 is 0 Å². The van der Waals surface area contributed by atoms with E-state index in [-0.39, 0.29) is 5.91 Å². The predicted molar refractivity (Wildman–Crippen MR) is 96.6 cm³/mol. The van der Waals surface area contributed by atoms with Crippen LogP contribution in [0.3, 0.4) is 0 Å². The Bertz CT molecular complexity index is 815. The first-order valence-electron chi connectivity index (χ1n) is 7.68. The number of hydrogen-bond donors (Lipinski definition) is 1. The van der Waals surface area contributed by atoms with Crippen molar-refractivity contribution in [1.82, 2.24) is 10.3 Å². The number of rotatable bonds is 6. The van der Waals surface area contributed by atoms with Crippen LogP contribution >= 0.6 is 11.3 Å². The SMILES string of the molecule is COc1cccc(CCNC(=O)c2ncsc2-c2ccccc2)c1. The van der Waals surface area contributed by atoms with E-state index in [1.165, 1.54) is 11.3 Å². The number of aromatic nitrogens is 1. The summed E-state index contributed by atoms with van der Waals surface area (Å²) in [6.07, 6.45) is 0.744. The minimum atomic E-state index is -0.141. The van der Waals surface area contributed by atoms with Crippen molar-refractivity contribution in [2.24, 2.45) is 0 Å². The van der Waals surface area contributed by atoms with Crippen molar-refractivity contribution < 1.29 is 9.53 Å². The molecule has 122 valence electrons. The van der Waals surface area contributed by atoms with Gasteiger partial charge in [-0.25, -0.2) is 4.98 Å². The van der Waals surface area contributed by atoms with Crippen LogP contribution in [0.2, 0.25) is 0 Å². The predicted octanol–water partition coefficient (Wildman–Crippen LogP) is 3.79. The molecule has 0 atom stereocenters. The zero-order valence-corrected chi connectivity index (χ0v) is 14.2. The standard InChI is InChI=1S/C19H18N2O2S/c1-23-16-9-5-6-14(12-16)10-11-20-19(22)17-18(24-13-21-17)15-7-3-2-4-8-15/h2-9,12-13H,10-11H2,1H3,(H,20,22). The molecule has 0 aliphatic heterocycles. The Labute approximate surface area is 145 Å². The van der Waals surface area contributed by atoms with Crippen LogP contribution < -0.4 is 10.1 Å². The number of nitrogens with zero attached hydrogens (tertiary/aromatic N) is 1. The van der Waals surface area contributed by atoms with Crippen LogP contribution in [0.15, 0.2) is 60.1 Å². The molecular formula is C19H18N2O2S. The molecule has 0 unspecified atom stereocenters. The van der Waals surface area contributed by atoms with Crippen LogP contribution in [0.5, 0.6) is 5.75 Å². The molecule has 0 aliphatic carbocycles. The van der Waals surface area contributed by atoms with Gasteiger partial charge in [-0.15, -0.1) is 11.3 Å². The van der Waals surface area contributed by atoms with Crippen LogP contribution in [0.4, 0.5) is 0 Å².